The standard InChI is InChI=1S/C15H24N2O/c1-12(2)17-10-8-14(11-17)16-9-7-13-3-5-15(18)6-4-13/h3-6,12,14,16,18H,7-11H2,1-2H3. The molecule has 2 rings (SSSR count). The molecule has 1 aromatic rings. The molecule has 1 aromatic carbocycles. The minimum Gasteiger partial charge on any atom is -0.508 e. The number of likely N-dealkylation sites (tertiary alicyclic amines) is 1. The molecule has 1 saturated heterocycles. The van der Waals surface area contributed by atoms with Crippen molar-refractivity contribution in [2.75, 3.05) is 19.6 Å². The van der Waals surface area contributed by atoms with E-state index in [2.05, 4.69) is 24.1 Å². The summed E-state index contributed by atoms with van der Waals surface area (Å²) >= 11 is 0. The van der Waals surface area contributed by atoms with Crippen molar-refractivity contribution in [3.63, 3.8) is 0 Å². The number of phenolic OH excluding ortho intramolecular Hbond substituents is 1. The van der Waals surface area contributed by atoms with E-state index < -0.39 is 0 Å². The van der Waals surface area contributed by atoms with E-state index in [1.54, 1.807) is 12.1 Å². The molecule has 0 saturated carbocycles. The highest BCUT2D eigenvalue weighted by Gasteiger charge is 2.23. The summed E-state index contributed by atoms with van der Waals surface area (Å²) in [5.74, 6) is 0.343. The fraction of sp³-hybridized carbons (Fsp3) is 0.600. The lowest BCUT2D eigenvalue weighted by molar-refractivity contribution is 0.268. The van der Waals surface area contributed by atoms with Crippen molar-refractivity contribution in [3.8, 4) is 5.75 Å². The molecule has 0 radical (unpaired) electrons. The van der Waals surface area contributed by atoms with Crippen molar-refractivity contribution in [1.29, 1.82) is 0 Å². The smallest absolute Gasteiger partial charge is 0.115 e. The van der Waals surface area contributed by atoms with Gasteiger partial charge in [0.15, 0.2) is 0 Å². The third-order valence-corrected chi connectivity index (χ3v) is 3.73. The van der Waals surface area contributed by atoms with E-state index in [1.165, 1.54) is 25.1 Å². The Bertz CT molecular complexity index is 361. The van der Waals surface area contributed by atoms with Gasteiger partial charge < -0.3 is 10.4 Å². The molecule has 1 aliphatic heterocycles. The molecule has 3 nitrogen and oxygen atoms in total. The molecule has 1 atom stereocenters. The van der Waals surface area contributed by atoms with E-state index in [4.69, 9.17) is 0 Å². The van der Waals surface area contributed by atoms with Crippen LogP contribution in [0.2, 0.25) is 0 Å². The van der Waals surface area contributed by atoms with Gasteiger partial charge in [-0.15, -0.1) is 0 Å². The third-order valence-electron chi connectivity index (χ3n) is 3.73. The highest BCUT2D eigenvalue weighted by atomic mass is 16.3. The SMILES string of the molecule is CC(C)N1CCC(NCCc2ccc(O)cc2)C1. The molecule has 1 aliphatic rings. The Morgan fingerprint density at radius 3 is 2.67 bits per heavy atom. The molecule has 100 valence electrons. The average Bonchev–Trinajstić information content (AvgIpc) is 2.81. The summed E-state index contributed by atoms with van der Waals surface area (Å²) in [4.78, 5) is 2.53. The second-order valence-corrected chi connectivity index (χ2v) is 5.44. The van der Waals surface area contributed by atoms with Crippen LogP contribution < -0.4 is 5.32 Å². The van der Waals surface area contributed by atoms with Gasteiger partial charge in [-0.05, 0) is 57.5 Å². The molecule has 0 spiro atoms. The Hall–Kier alpha value is -1.06. The Morgan fingerprint density at radius 1 is 1.33 bits per heavy atom. The van der Waals surface area contributed by atoms with Crippen LogP contribution >= 0.6 is 0 Å². The van der Waals surface area contributed by atoms with Gasteiger partial charge >= 0.3 is 0 Å². The van der Waals surface area contributed by atoms with Crippen LogP contribution in [-0.4, -0.2) is 41.7 Å². The summed E-state index contributed by atoms with van der Waals surface area (Å²) in [5, 5.41) is 12.8. The van der Waals surface area contributed by atoms with E-state index in [0.29, 0.717) is 17.8 Å². The summed E-state index contributed by atoms with van der Waals surface area (Å²) in [5.41, 5.74) is 1.28. The second kappa shape index (κ2) is 6.21. The fourth-order valence-corrected chi connectivity index (χ4v) is 2.51. The number of aromatic hydroxyl groups is 1. The first-order valence-electron chi connectivity index (χ1n) is 6.90. The lowest BCUT2D eigenvalue weighted by atomic mass is 10.1. The third kappa shape index (κ3) is 3.72. The van der Waals surface area contributed by atoms with Gasteiger partial charge in [-0.3, -0.25) is 4.90 Å². The second-order valence-electron chi connectivity index (χ2n) is 5.44. The van der Waals surface area contributed by atoms with E-state index >= 15 is 0 Å². The Balaban J connectivity index is 1.68. The van der Waals surface area contributed by atoms with Crippen LogP contribution in [0, 0.1) is 0 Å². The molecule has 1 heterocycles. The van der Waals surface area contributed by atoms with E-state index in [-0.39, 0.29) is 0 Å². The first-order chi connectivity index (χ1) is 8.65. The summed E-state index contributed by atoms with van der Waals surface area (Å²) < 4.78 is 0. The van der Waals surface area contributed by atoms with Gasteiger partial charge in [0.05, 0.1) is 0 Å². The van der Waals surface area contributed by atoms with Gasteiger partial charge in [-0.25, -0.2) is 0 Å². The highest BCUT2D eigenvalue weighted by Crippen LogP contribution is 2.13. The number of nitrogens with zero attached hydrogens (tertiary/aromatic N) is 1. The fourth-order valence-electron chi connectivity index (χ4n) is 2.51. The summed E-state index contributed by atoms with van der Waals surface area (Å²) in [6.07, 6.45) is 2.28. The van der Waals surface area contributed by atoms with E-state index in [0.717, 1.165) is 13.0 Å². The zero-order valence-corrected chi connectivity index (χ0v) is 11.4. The molecule has 0 aliphatic carbocycles. The van der Waals surface area contributed by atoms with Crippen molar-refractivity contribution in [3.05, 3.63) is 29.8 Å². The molecule has 2 N–H and O–H groups in total. The number of rotatable bonds is 5. The number of hydrogen-bond acceptors (Lipinski definition) is 3. The monoisotopic (exact) mass is 248 g/mol. The van der Waals surface area contributed by atoms with Gasteiger partial charge in [0.1, 0.15) is 5.75 Å². The van der Waals surface area contributed by atoms with Gasteiger partial charge in [-0.2, -0.15) is 0 Å². The zero-order chi connectivity index (χ0) is 13.0. The number of nitrogens with one attached hydrogen (secondary N) is 1. The van der Waals surface area contributed by atoms with Gasteiger partial charge in [0, 0.05) is 18.6 Å². The maximum atomic E-state index is 9.21. The maximum absolute atomic E-state index is 9.21. The van der Waals surface area contributed by atoms with Crippen LogP contribution in [-0.2, 0) is 6.42 Å². The van der Waals surface area contributed by atoms with Gasteiger partial charge in [-0.1, -0.05) is 12.1 Å². The Kier molecular flexibility index (Phi) is 4.61. The van der Waals surface area contributed by atoms with Crippen molar-refractivity contribution in [2.24, 2.45) is 0 Å². The van der Waals surface area contributed by atoms with Crippen molar-refractivity contribution in [2.45, 2.75) is 38.8 Å². The Labute approximate surface area is 110 Å². The zero-order valence-electron chi connectivity index (χ0n) is 11.4. The number of phenols is 1. The van der Waals surface area contributed by atoms with Crippen LogP contribution in [0.4, 0.5) is 0 Å². The lowest BCUT2D eigenvalue weighted by Crippen LogP contribution is -2.36. The Morgan fingerprint density at radius 2 is 2.06 bits per heavy atom. The summed E-state index contributed by atoms with van der Waals surface area (Å²) in [7, 11) is 0. The molecule has 0 bridgehead atoms. The minimum absolute atomic E-state index is 0.343. The van der Waals surface area contributed by atoms with Crippen LogP contribution in [0.15, 0.2) is 24.3 Å². The van der Waals surface area contributed by atoms with E-state index in [9.17, 15) is 5.11 Å². The van der Waals surface area contributed by atoms with Crippen molar-refractivity contribution >= 4 is 0 Å². The summed E-state index contributed by atoms with van der Waals surface area (Å²) in [6.45, 7) is 7.93. The maximum Gasteiger partial charge on any atom is 0.115 e. The first-order valence-corrected chi connectivity index (χ1v) is 6.90. The van der Waals surface area contributed by atoms with Crippen molar-refractivity contribution < 1.29 is 5.11 Å². The largest absolute Gasteiger partial charge is 0.508 e. The van der Waals surface area contributed by atoms with Crippen molar-refractivity contribution in [1.82, 2.24) is 10.2 Å². The van der Waals surface area contributed by atoms with Gasteiger partial charge in [0.2, 0.25) is 0 Å². The molecular formula is C15H24N2O. The molecule has 3 heteroatoms. The normalized spacial score (nSPS) is 20.7. The van der Waals surface area contributed by atoms with Crippen LogP contribution in [0.25, 0.3) is 0 Å². The molecular weight excluding hydrogens is 224 g/mol. The quantitative estimate of drug-likeness (QED) is 0.836. The minimum atomic E-state index is 0.343. The van der Waals surface area contributed by atoms with Gasteiger partial charge in [0.25, 0.3) is 0 Å². The number of benzene rings is 1. The predicted molar refractivity (Wildman–Crippen MR) is 74.9 cm³/mol. The van der Waals surface area contributed by atoms with Crippen LogP contribution in [0.3, 0.4) is 0 Å². The highest BCUT2D eigenvalue weighted by molar-refractivity contribution is 5.25. The van der Waals surface area contributed by atoms with E-state index in [1.807, 2.05) is 12.1 Å². The molecule has 18 heavy (non-hydrogen) atoms. The first kappa shape index (κ1) is 13.4. The van der Waals surface area contributed by atoms with Crippen LogP contribution in [0.1, 0.15) is 25.8 Å². The summed E-state index contributed by atoms with van der Waals surface area (Å²) in [6, 6.07) is 8.80. The molecule has 1 unspecified atom stereocenters. The topological polar surface area (TPSA) is 35.5 Å². The lowest BCUT2D eigenvalue weighted by Gasteiger charge is -2.20. The molecule has 0 aromatic heterocycles. The number of hydrogen-bond donors (Lipinski definition) is 2. The van der Waals surface area contributed by atoms with Crippen LogP contribution in [0.5, 0.6) is 5.75 Å². The molecule has 1 fully saturated rings. The molecule has 0 amide bonds. The predicted octanol–water partition coefficient (Wildman–Crippen LogP) is 2.01. The average molecular weight is 248 g/mol.